The Morgan fingerprint density at radius 1 is 1.45 bits per heavy atom. The number of fused-ring (bicyclic) bond motifs is 1. The van der Waals surface area contributed by atoms with Gasteiger partial charge in [-0.25, -0.2) is 4.98 Å². The van der Waals surface area contributed by atoms with Crippen molar-refractivity contribution in [3.05, 3.63) is 35.0 Å². The number of carbonyl (C=O) groups excluding carboxylic acids is 1. The zero-order chi connectivity index (χ0) is 15.5. The number of esters is 1. The van der Waals surface area contributed by atoms with Crippen LogP contribution in [0.25, 0.3) is 11.0 Å². The highest BCUT2D eigenvalue weighted by Gasteiger charge is 2.15. The number of allylic oxidation sites excluding steroid dienone is 2. The smallest absolute Gasteiger partial charge is 0.326 e. The molecule has 2 aromatic heterocycles. The van der Waals surface area contributed by atoms with Crippen LogP contribution in [-0.4, -0.2) is 31.9 Å². The minimum Gasteiger partial charge on any atom is -0.464 e. The fraction of sp³-hybridized carbons (Fsp3) is 0.467. The molecule has 1 unspecified atom stereocenters. The van der Waals surface area contributed by atoms with Crippen molar-refractivity contribution in [2.24, 2.45) is 13.0 Å². The Morgan fingerprint density at radius 2 is 2.32 bits per heavy atom. The van der Waals surface area contributed by atoms with Gasteiger partial charge in [-0.2, -0.15) is 5.10 Å². The molecule has 1 atom stereocenters. The molecule has 0 bridgehead atoms. The largest absolute Gasteiger partial charge is 0.464 e. The van der Waals surface area contributed by atoms with Crippen LogP contribution < -0.4 is 5.56 Å². The Bertz CT molecular complexity index is 775. The third kappa shape index (κ3) is 2.93. The van der Waals surface area contributed by atoms with Crippen LogP contribution in [0.4, 0.5) is 0 Å². The fourth-order valence-corrected chi connectivity index (χ4v) is 2.58. The van der Waals surface area contributed by atoms with Gasteiger partial charge in [-0.3, -0.25) is 18.8 Å². The lowest BCUT2D eigenvalue weighted by atomic mass is 9.95. The van der Waals surface area contributed by atoms with E-state index >= 15 is 0 Å². The molecule has 116 valence electrons. The summed E-state index contributed by atoms with van der Waals surface area (Å²) in [6.45, 7) is 0.277. The highest BCUT2D eigenvalue weighted by molar-refractivity contribution is 5.74. The van der Waals surface area contributed by atoms with Crippen molar-refractivity contribution in [2.75, 3.05) is 6.61 Å². The summed E-state index contributed by atoms with van der Waals surface area (Å²) in [5.41, 5.74) is 0.222. The van der Waals surface area contributed by atoms with Gasteiger partial charge in [0, 0.05) is 7.05 Å². The summed E-state index contributed by atoms with van der Waals surface area (Å²) >= 11 is 0. The molecule has 0 radical (unpaired) electrons. The molecule has 7 heteroatoms. The molecule has 0 aromatic carbocycles. The zero-order valence-corrected chi connectivity index (χ0v) is 12.4. The molecular weight excluding hydrogens is 284 g/mol. The van der Waals surface area contributed by atoms with Gasteiger partial charge in [0.2, 0.25) is 0 Å². The molecule has 2 aromatic rings. The van der Waals surface area contributed by atoms with Crippen LogP contribution >= 0.6 is 0 Å². The lowest BCUT2D eigenvalue weighted by Crippen LogP contribution is -2.26. The molecule has 0 amide bonds. The zero-order valence-electron chi connectivity index (χ0n) is 12.4. The van der Waals surface area contributed by atoms with Gasteiger partial charge in [0.25, 0.3) is 5.56 Å². The first-order valence-corrected chi connectivity index (χ1v) is 7.33. The van der Waals surface area contributed by atoms with E-state index in [4.69, 9.17) is 4.74 Å². The monoisotopic (exact) mass is 302 g/mol. The van der Waals surface area contributed by atoms with Gasteiger partial charge < -0.3 is 4.74 Å². The maximum Gasteiger partial charge on any atom is 0.326 e. The van der Waals surface area contributed by atoms with E-state index in [1.165, 1.54) is 21.8 Å². The third-order valence-electron chi connectivity index (χ3n) is 3.88. The Kier molecular flexibility index (Phi) is 4.04. The topological polar surface area (TPSA) is 79.0 Å². The van der Waals surface area contributed by atoms with Gasteiger partial charge in [0.05, 0.1) is 12.8 Å². The number of aromatic nitrogens is 4. The number of carbonyl (C=O) groups is 1. The van der Waals surface area contributed by atoms with Crippen LogP contribution in [0.1, 0.15) is 19.3 Å². The van der Waals surface area contributed by atoms with Gasteiger partial charge in [-0.05, 0) is 25.2 Å². The summed E-state index contributed by atoms with van der Waals surface area (Å²) in [6.07, 6.45) is 10.1. The van der Waals surface area contributed by atoms with E-state index in [0.29, 0.717) is 23.6 Å². The summed E-state index contributed by atoms with van der Waals surface area (Å²) in [6, 6.07) is 0. The predicted molar refractivity (Wildman–Crippen MR) is 80.2 cm³/mol. The van der Waals surface area contributed by atoms with Gasteiger partial charge in [-0.15, -0.1) is 0 Å². The SMILES string of the molecule is Cn1ncc2c(=O)n(CC(=O)OCC3CC=CCC3)cnc21. The van der Waals surface area contributed by atoms with Crippen LogP contribution in [0.15, 0.2) is 29.5 Å². The minimum atomic E-state index is -0.415. The summed E-state index contributed by atoms with van der Waals surface area (Å²) < 4.78 is 8.06. The van der Waals surface area contributed by atoms with Crippen LogP contribution in [0.2, 0.25) is 0 Å². The molecule has 1 aliphatic carbocycles. The molecule has 0 saturated carbocycles. The van der Waals surface area contributed by atoms with Crippen molar-refractivity contribution < 1.29 is 9.53 Å². The molecule has 7 nitrogen and oxygen atoms in total. The van der Waals surface area contributed by atoms with Crippen LogP contribution in [0.5, 0.6) is 0 Å². The fourth-order valence-electron chi connectivity index (χ4n) is 2.58. The molecule has 22 heavy (non-hydrogen) atoms. The second-order valence-corrected chi connectivity index (χ2v) is 5.52. The van der Waals surface area contributed by atoms with E-state index < -0.39 is 5.97 Å². The number of hydrogen-bond donors (Lipinski definition) is 0. The summed E-state index contributed by atoms with van der Waals surface area (Å²) in [4.78, 5) is 28.3. The second-order valence-electron chi connectivity index (χ2n) is 5.52. The number of nitrogens with zero attached hydrogens (tertiary/aromatic N) is 4. The Morgan fingerprint density at radius 3 is 3.09 bits per heavy atom. The summed E-state index contributed by atoms with van der Waals surface area (Å²) in [5, 5.41) is 4.39. The maximum atomic E-state index is 12.2. The molecular formula is C15H18N4O3. The van der Waals surface area contributed by atoms with Crippen molar-refractivity contribution in [3.8, 4) is 0 Å². The Hall–Kier alpha value is -2.44. The van der Waals surface area contributed by atoms with E-state index in [-0.39, 0.29) is 12.1 Å². The van der Waals surface area contributed by atoms with Gasteiger partial charge in [-0.1, -0.05) is 12.2 Å². The van der Waals surface area contributed by atoms with Crippen molar-refractivity contribution in [1.29, 1.82) is 0 Å². The number of ether oxygens (including phenoxy) is 1. The lowest BCUT2D eigenvalue weighted by Gasteiger charge is -2.17. The molecule has 0 aliphatic heterocycles. The molecule has 0 fully saturated rings. The number of hydrogen-bond acceptors (Lipinski definition) is 5. The first kappa shape index (κ1) is 14.5. The standard InChI is InChI=1S/C15H18N4O3/c1-18-14-12(7-17-18)15(21)19(10-16-14)8-13(20)22-9-11-5-3-2-4-6-11/h2-3,7,10-11H,4-6,8-9H2,1H3. The molecule has 0 spiro atoms. The van der Waals surface area contributed by atoms with Crippen LogP contribution in [-0.2, 0) is 23.1 Å². The molecule has 1 aliphatic rings. The first-order valence-electron chi connectivity index (χ1n) is 7.33. The van der Waals surface area contributed by atoms with Crippen LogP contribution in [0, 0.1) is 5.92 Å². The normalized spacial score (nSPS) is 17.8. The molecule has 0 saturated heterocycles. The molecule has 0 N–H and O–H groups in total. The molecule has 2 heterocycles. The summed E-state index contributed by atoms with van der Waals surface area (Å²) in [7, 11) is 1.71. The predicted octanol–water partition coefficient (Wildman–Crippen LogP) is 1.03. The minimum absolute atomic E-state index is 0.126. The van der Waals surface area contributed by atoms with Gasteiger partial charge >= 0.3 is 5.97 Å². The van der Waals surface area contributed by atoms with E-state index in [1.54, 1.807) is 7.05 Å². The van der Waals surface area contributed by atoms with Gasteiger partial charge in [0.15, 0.2) is 5.65 Å². The molecule has 3 rings (SSSR count). The van der Waals surface area contributed by atoms with Crippen molar-refractivity contribution in [1.82, 2.24) is 19.3 Å². The lowest BCUT2D eigenvalue weighted by molar-refractivity contribution is -0.145. The van der Waals surface area contributed by atoms with Crippen molar-refractivity contribution in [3.63, 3.8) is 0 Å². The first-order chi connectivity index (χ1) is 10.6. The van der Waals surface area contributed by atoms with E-state index in [9.17, 15) is 9.59 Å². The van der Waals surface area contributed by atoms with Crippen LogP contribution in [0.3, 0.4) is 0 Å². The summed E-state index contributed by atoms with van der Waals surface area (Å²) in [5.74, 6) is -0.0358. The number of aryl methyl sites for hydroxylation is 1. The highest BCUT2D eigenvalue weighted by atomic mass is 16.5. The second kappa shape index (κ2) is 6.13. The average Bonchev–Trinajstić information content (AvgIpc) is 2.91. The van der Waals surface area contributed by atoms with E-state index in [1.807, 2.05) is 0 Å². The Labute approximate surface area is 127 Å². The quantitative estimate of drug-likeness (QED) is 0.622. The van der Waals surface area contributed by atoms with E-state index in [0.717, 1.165) is 19.3 Å². The number of rotatable bonds is 4. The third-order valence-corrected chi connectivity index (χ3v) is 3.88. The van der Waals surface area contributed by atoms with Crippen molar-refractivity contribution in [2.45, 2.75) is 25.8 Å². The van der Waals surface area contributed by atoms with E-state index in [2.05, 4.69) is 22.2 Å². The maximum absolute atomic E-state index is 12.2. The average molecular weight is 302 g/mol. The Balaban J connectivity index is 1.65. The van der Waals surface area contributed by atoms with Gasteiger partial charge in [0.1, 0.15) is 18.3 Å². The highest BCUT2D eigenvalue weighted by Crippen LogP contribution is 2.18. The van der Waals surface area contributed by atoms with Crippen molar-refractivity contribution >= 4 is 17.0 Å².